The first kappa shape index (κ1) is 22.5. The lowest BCUT2D eigenvalue weighted by molar-refractivity contribution is 0.0971. The fourth-order valence-electron chi connectivity index (χ4n) is 4.28. The van der Waals surface area contributed by atoms with E-state index in [0.29, 0.717) is 45.3 Å². The number of hydrogen-bond acceptors (Lipinski definition) is 5. The molecule has 34 heavy (non-hydrogen) atoms. The van der Waals surface area contributed by atoms with Gasteiger partial charge in [0.2, 0.25) is 5.76 Å². The van der Waals surface area contributed by atoms with Crippen molar-refractivity contribution < 1.29 is 18.7 Å². The molecule has 0 N–H and O–H groups in total. The Labute approximate surface area is 208 Å². The third-order valence-electron chi connectivity index (χ3n) is 5.72. The molecular formula is C26H19BrClNO5. The highest BCUT2D eigenvalue weighted by molar-refractivity contribution is 9.10. The minimum absolute atomic E-state index is 0.0117. The Morgan fingerprint density at radius 2 is 1.88 bits per heavy atom. The van der Waals surface area contributed by atoms with Crippen LogP contribution < -0.4 is 19.8 Å². The molecule has 1 unspecified atom stereocenters. The van der Waals surface area contributed by atoms with Gasteiger partial charge in [-0.2, -0.15) is 0 Å². The predicted octanol–water partition coefficient (Wildman–Crippen LogP) is 6.37. The van der Waals surface area contributed by atoms with E-state index in [2.05, 4.69) is 15.9 Å². The van der Waals surface area contributed by atoms with E-state index in [-0.39, 0.29) is 16.8 Å². The molecule has 1 aliphatic rings. The van der Waals surface area contributed by atoms with Crippen molar-refractivity contribution in [1.29, 1.82) is 0 Å². The van der Waals surface area contributed by atoms with Gasteiger partial charge in [0.1, 0.15) is 5.58 Å². The van der Waals surface area contributed by atoms with Crippen molar-refractivity contribution >= 4 is 50.1 Å². The highest BCUT2D eigenvalue weighted by Gasteiger charge is 2.44. The number of benzene rings is 3. The summed E-state index contributed by atoms with van der Waals surface area (Å²) in [6, 6.07) is 16.8. The zero-order chi connectivity index (χ0) is 24.0. The molecule has 8 heteroatoms. The molecule has 1 aliphatic heterocycles. The molecule has 0 saturated carbocycles. The summed E-state index contributed by atoms with van der Waals surface area (Å²) in [4.78, 5) is 28.9. The monoisotopic (exact) mass is 539 g/mol. The molecule has 3 aromatic carbocycles. The van der Waals surface area contributed by atoms with Crippen LogP contribution in [0.25, 0.3) is 11.0 Å². The minimum atomic E-state index is -0.735. The summed E-state index contributed by atoms with van der Waals surface area (Å²) in [5, 5.41) is 0.727. The zero-order valence-electron chi connectivity index (χ0n) is 18.3. The average molecular weight is 541 g/mol. The largest absolute Gasteiger partial charge is 0.493 e. The Bertz CT molecular complexity index is 1500. The first-order valence-corrected chi connectivity index (χ1v) is 11.8. The number of methoxy groups -OCH3 is 1. The molecule has 172 valence electrons. The second kappa shape index (κ2) is 8.81. The van der Waals surface area contributed by atoms with E-state index in [1.807, 2.05) is 37.3 Å². The van der Waals surface area contributed by atoms with E-state index >= 15 is 0 Å². The van der Waals surface area contributed by atoms with Gasteiger partial charge in [0.05, 0.1) is 30.7 Å². The molecule has 0 bridgehead atoms. The summed E-state index contributed by atoms with van der Waals surface area (Å²) < 4.78 is 18.0. The number of nitrogens with zero attached hydrogens (tertiary/aromatic N) is 1. The maximum Gasteiger partial charge on any atom is 0.295 e. The molecule has 0 radical (unpaired) electrons. The Morgan fingerprint density at radius 1 is 1.06 bits per heavy atom. The van der Waals surface area contributed by atoms with Crippen molar-refractivity contribution in [1.82, 2.24) is 0 Å². The van der Waals surface area contributed by atoms with Crippen molar-refractivity contribution in [2.75, 3.05) is 18.6 Å². The lowest BCUT2D eigenvalue weighted by Gasteiger charge is -2.26. The quantitative estimate of drug-likeness (QED) is 0.294. The summed E-state index contributed by atoms with van der Waals surface area (Å²) in [6.45, 7) is 2.36. The van der Waals surface area contributed by atoms with Gasteiger partial charge < -0.3 is 13.9 Å². The number of ether oxygens (including phenoxy) is 2. The number of hydrogen-bond donors (Lipinski definition) is 0. The number of carbonyl (C=O) groups excluding carboxylic acids is 1. The molecule has 0 saturated heterocycles. The van der Waals surface area contributed by atoms with E-state index in [1.54, 1.807) is 42.3 Å². The fraction of sp³-hybridized carbons (Fsp3) is 0.154. The molecule has 0 spiro atoms. The van der Waals surface area contributed by atoms with E-state index in [4.69, 9.17) is 25.5 Å². The number of halogens is 2. The number of anilines is 1. The van der Waals surface area contributed by atoms with E-state index in [0.717, 1.165) is 4.47 Å². The van der Waals surface area contributed by atoms with Gasteiger partial charge in [-0.1, -0.05) is 39.7 Å². The Morgan fingerprint density at radius 3 is 2.62 bits per heavy atom. The molecule has 5 rings (SSSR count). The Kier molecular flexibility index (Phi) is 5.83. The van der Waals surface area contributed by atoms with Gasteiger partial charge in [-0.25, -0.2) is 0 Å². The standard InChI is InChI=1S/C26H19BrClNO5/c1-3-33-20-9-7-14(11-21(20)32-2)23-22-24(30)18-13-16(28)8-10-19(18)34-25(22)26(31)29(23)17-6-4-5-15(27)12-17/h4-13,23H,3H2,1-2H3. The first-order valence-electron chi connectivity index (χ1n) is 10.6. The fourth-order valence-corrected chi connectivity index (χ4v) is 4.84. The van der Waals surface area contributed by atoms with Crippen molar-refractivity contribution in [2.45, 2.75) is 13.0 Å². The molecular weight excluding hydrogens is 522 g/mol. The summed E-state index contributed by atoms with van der Waals surface area (Å²) in [6.07, 6.45) is 0. The van der Waals surface area contributed by atoms with Crippen molar-refractivity contribution in [3.8, 4) is 11.5 Å². The average Bonchev–Trinajstić information content (AvgIpc) is 3.12. The number of carbonyl (C=O) groups is 1. The van der Waals surface area contributed by atoms with Gasteiger partial charge >= 0.3 is 0 Å². The number of fused-ring (bicyclic) bond motifs is 2. The molecule has 4 aromatic rings. The molecule has 1 aromatic heterocycles. The normalized spacial score (nSPS) is 15.0. The van der Waals surface area contributed by atoms with Crippen molar-refractivity contribution in [3.05, 3.63) is 97.3 Å². The Hall–Kier alpha value is -3.29. The highest BCUT2D eigenvalue weighted by Crippen LogP contribution is 2.43. The second-order valence-electron chi connectivity index (χ2n) is 7.72. The summed E-state index contributed by atoms with van der Waals surface area (Å²) in [5.74, 6) is 0.685. The van der Waals surface area contributed by atoms with E-state index in [1.165, 1.54) is 0 Å². The summed E-state index contributed by atoms with van der Waals surface area (Å²) >= 11 is 9.63. The van der Waals surface area contributed by atoms with Gasteiger partial charge in [-0.05, 0) is 61.0 Å². The maximum absolute atomic E-state index is 13.7. The third-order valence-corrected chi connectivity index (χ3v) is 6.45. The van der Waals surface area contributed by atoms with Crippen LogP contribution in [0.15, 0.2) is 74.3 Å². The molecule has 6 nitrogen and oxygen atoms in total. The minimum Gasteiger partial charge on any atom is -0.493 e. The van der Waals surface area contributed by atoms with Gasteiger partial charge in [-0.15, -0.1) is 0 Å². The molecule has 1 amide bonds. The highest BCUT2D eigenvalue weighted by atomic mass is 79.9. The summed E-state index contributed by atoms with van der Waals surface area (Å²) in [5.41, 5.74) is 1.56. The first-order chi connectivity index (χ1) is 16.4. The van der Waals surface area contributed by atoms with Crippen LogP contribution in [-0.2, 0) is 0 Å². The van der Waals surface area contributed by atoms with Crippen LogP contribution in [0.4, 0.5) is 5.69 Å². The Balaban J connectivity index is 1.80. The van der Waals surface area contributed by atoms with Crippen LogP contribution in [-0.4, -0.2) is 19.6 Å². The van der Waals surface area contributed by atoms with Gasteiger partial charge in [0.15, 0.2) is 16.9 Å². The van der Waals surface area contributed by atoms with Gasteiger partial charge in [-0.3, -0.25) is 14.5 Å². The predicted molar refractivity (Wildman–Crippen MR) is 134 cm³/mol. The SMILES string of the molecule is CCOc1ccc(C2c3c(oc4ccc(Cl)cc4c3=O)C(=O)N2c2cccc(Br)c2)cc1OC. The van der Waals surface area contributed by atoms with Crippen LogP contribution in [0, 0.1) is 0 Å². The molecule has 2 heterocycles. The van der Waals surface area contributed by atoms with Gasteiger partial charge in [0.25, 0.3) is 5.91 Å². The lowest BCUT2D eigenvalue weighted by atomic mass is 9.97. The maximum atomic E-state index is 13.7. The smallest absolute Gasteiger partial charge is 0.295 e. The number of rotatable bonds is 5. The van der Waals surface area contributed by atoms with Crippen LogP contribution in [0.1, 0.15) is 34.6 Å². The summed E-state index contributed by atoms with van der Waals surface area (Å²) in [7, 11) is 1.55. The topological polar surface area (TPSA) is 69.0 Å². The van der Waals surface area contributed by atoms with E-state index < -0.39 is 11.9 Å². The molecule has 0 aliphatic carbocycles. The van der Waals surface area contributed by atoms with Crippen LogP contribution in [0.5, 0.6) is 11.5 Å². The van der Waals surface area contributed by atoms with Crippen LogP contribution in [0.3, 0.4) is 0 Å². The van der Waals surface area contributed by atoms with Crippen molar-refractivity contribution in [2.24, 2.45) is 0 Å². The van der Waals surface area contributed by atoms with E-state index in [9.17, 15) is 9.59 Å². The van der Waals surface area contributed by atoms with Gasteiger partial charge in [0, 0.05) is 15.2 Å². The number of amides is 1. The van der Waals surface area contributed by atoms with Crippen LogP contribution in [0.2, 0.25) is 5.02 Å². The molecule has 0 fully saturated rings. The lowest BCUT2D eigenvalue weighted by Crippen LogP contribution is -2.29. The third kappa shape index (κ3) is 3.65. The van der Waals surface area contributed by atoms with Crippen molar-refractivity contribution in [3.63, 3.8) is 0 Å². The van der Waals surface area contributed by atoms with Crippen LogP contribution >= 0.6 is 27.5 Å². The second-order valence-corrected chi connectivity index (χ2v) is 9.07. The zero-order valence-corrected chi connectivity index (χ0v) is 20.6. The molecule has 1 atom stereocenters.